The van der Waals surface area contributed by atoms with Crippen LogP contribution in [-0.2, 0) is 9.63 Å². The number of nitrogens with one attached hydrogen (secondary N) is 2. The summed E-state index contributed by atoms with van der Waals surface area (Å²) in [5.41, 5.74) is 0.826. The Balaban J connectivity index is 1.59. The first-order valence-corrected chi connectivity index (χ1v) is 10.3. The largest absolute Gasteiger partial charge is 0.475 e. The summed E-state index contributed by atoms with van der Waals surface area (Å²) in [4.78, 5) is 34.7. The van der Waals surface area contributed by atoms with Gasteiger partial charge >= 0.3 is 7.12 Å². The molecule has 1 aliphatic rings. The van der Waals surface area contributed by atoms with Crippen molar-refractivity contribution in [3.8, 4) is 0 Å². The second kappa shape index (κ2) is 9.89. The minimum absolute atomic E-state index is 0.104. The van der Waals surface area contributed by atoms with Crippen LogP contribution in [0.1, 0.15) is 37.7 Å². The fourth-order valence-corrected chi connectivity index (χ4v) is 3.52. The molecule has 1 aromatic carbocycles. The average molecular weight is 426 g/mol. The van der Waals surface area contributed by atoms with Crippen molar-refractivity contribution >= 4 is 35.4 Å². The molecule has 0 radical (unpaired) electrons. The number of carbonyl (C=O) groups excluding carboxylic acids is 2. The van der Waals surface area contributed by atoms with Crippen molar-refractivity contribution in [2.24, 2.45) is 17.0 Å². The normalized spacial score (nSPS) is 19.0. The highest BCUT2D eigenvalue weighted by Gasteiger charge is 2.38. The number of fused-ring (bicyclic) bond motifs is 1. The number of aromatic nitrogens is 1. The van der Waals surface area contributed by atoms with Gasteiger partial charge in [0.1, 0.15) is 5.69 Å². The van der Waals surface area contributed by atoms with Gasteiger partial charge in [-0.2, -0.15) is 0 Å². The highest BCUT2D eigenvalue weighted by Crippen LogP contribution is 2.20. The van der Waals surface area contributed by atoms with E-state index in [-0.39, 0.29) is 18.4 Å². The fourth-order valence-electron chi connectivity index (χ4n) is 3.52. The van der Waals surface area contributed by atoms with E-state index < -0.39 is 31.0 Å². The monoisotopic (exact) mass is 426 g/mol. The molecular formula is C21H27BN4O5. The molecule has 2 aromatic rings. The van der Waals surface area contributed by atoms with Crippen LogP contribution < -0.4 is 10.6 Å². The van der Waals surface area contributed by atoms with Crippen LogP contribution in [0.25, 0.3) is 10.8 Å². The van der Waals surface area contributed by atoms with E-state index in [1.165, 1.54) is 0 Å². The lowest BCUT2D eigenvalue weighted by molar-refractivity contribution is -0.133. The molecule has 0 bridgehead atoms. The van der Waals surface area contributed by atoms with Gasteiger partial charge < -0.3 is 25.5 Å². The Morgan fingerprint density at radius 2 is 1.97 bits per heavy atom. The summed E-state index contributed by atoms with van der Waals surface area (Å²) in [6, 6.07) is 9.31. The molecule has 0 aliphatic carbocycles. The van der Waals surface area contributed by atoms with Crippen LogP contribution in [0.2, 0.25) is 0 Å². The highest BCUT2D eigenvalue weighted by molar-refractivity contribution is 6.43. The number of oxime groups is 1. The number of nitrogens with zero attached hydrogens (tertiary/aromatic N) is 2. The first kappa shape index (κ1) is 22.7. The molecule has 10 heteroatoms. The SMILES string of the molecule is CC(C)CC(NC(=O)C1ON=C(CNC(=O)c2nccc3ccccc23)C1C)B(O)O. The van der Waals surface area contributed by atoms with Crippen LogP contribution >= 0.6 is 0 Å². The van der Waals surface area contributed by atoms with Gasteiger partial charge in [0.2, 0.25) is 6.10 Å². The van der Waals surface area contributed by atoms with Gasteiger partial charge in [-0.1, -0.05) is 50.2 Å². The number of hydrogen-bond acceptors (Lipinski definition) is 7. The van der Waals surface area contributed by atoms with E-state index in [0.717, 1.165) is 10.8 Å². The maximum absolute atomic E-state index is 12.7. The molecule has 1 aliphatic heterocycles. The molecule has 31 heavy (non-hydrogen) atoms. The van der Waals surface area contributed by atoms with E-state index in [4.69, 9.17) is 4.84 Å². The quantitative estimate of drug-likeness (QED) is 0.464. The Kier molecular flexibility index (Phi) is 7.24. The zero-order chi connectivity index (χ0) is 22.5. The minimum atomic E-state index is -1.67. The van der Waals surface area contributed by atoms with Crippen molar-refractivity contribution in [2.75, 3.05) is 6.54 Å². The smallest absolute Gasteiger partial charge is 0.426 e. The molecule has 0 fully saturated rings. The molecule has 2 amide bonds. The number of pyridine rings is 1. The van der Waals surface area contributed by atoms with Crippen LogP contribution in [0.5, 0.6) is 0 Å². The summed E-state index contributed by atoms with van der Waals surface area (Å²) in [5.74, 6) is -1.86. The van der Waals surface area contributed by atoms with E-state index in [2.05, 4.69) is 20.8 Å². The molecule has 2 heterocycles. The van der Waals surface area contributed by atoms with Crippen molar-refractivity contribution < 1.29 is 24.5 Å². The van der Waals surface area contributed by atoms with Crippen molar-refractivity contribution in [1.82, 2.24) is 15.6 Å². The van der Waals surface area contributed by atoms with Crippen molar-refractivity contribution in [2.45, 2.75) is 39.2 Å². The highest BCUT2D eigenvalue weighted by atomic mass is 16.6. The molecular weight excluding hydrogens is 399 g/mol. The van der Waals surface area contributed by atoms with Gasteiger partial charge in [0.15, 0.2) is 0 Å². The van der Waals surface area contributed by atoms with Crippen LogP contribution in [-0.4, -0.2) is 58.3 Å². The average Bonchev–Trinajstić information content (AvgIpc) is 3.11. The van der Waals surface area contributed by atoms with Crippen molar-refractivity contribution in [1.29, 1.82) is 0 Å². The summed E-state index contributed by atoms with van der Waals surface area (Å²) < 4.78 is 0. The van der Waals surface area contributed by atoms with Crippen molar-refractivity contribution in [3.63, 3.8) is 0 Å². The van der Waals surface area contributed by atoms with Gasteiger partial charge in [0.05, 0.1) is 18.2 Å². The molecule has 3 unspecified atom stereocenters. The molecule has 0 saturated heterocycles. The zero-order valence-corrected chi connectivity index (χ0v) is 17.8. The topological polar surface area (TPSA) is 133 Å². The summed E-state index contributed by atoms with van der Waals surface area (Å²) in [7, 11) is -1.67. The summed E-state index contributed by atoms with van der Waals surface area (Å²) in [5, 5.41) is 30.1. The molecule has 3 rings (SSSR count). The number of amides is 2. The molecule has 1 aromatic heterocycles. The van der Waals surface area contributed by atoms with Crippen LogP contribution in [0.3, 0.4) is 0 Å². The van der Waals surface area contributed by atoms with E-state index in [1.54, 1.807) is 13.1 Å². The van der Waals surface area contributed by atoms with Gasteiger partial charge in [0, 0.05) is 17.5 Å². The van der Waals surface area contributed by atoms with E-state index in [0.29, 0.717) is 17.8 Å². The van der Waals surface area contributed by atoms with Crippen LogP contribution in [0, 0.1) is 11.8 Å². The van der Waals surface area contributed by atoms with Gasteiger partial charge in [-0.05, 0) is 23.8 Å². The third kappa shape index (κ3) is 5.39. The maximum atomic E-state index is 12.7. The number of rotatable bonds is 8. The number of carbonyl (C=O) groups is 2. The first-order chi connectivity index (χ1) is 14.8. The predicted molar refractivity (Wildman–Crippen MR) is 117 cm³/mol. The Bertz CT molecular complexity index is 976. The Morgan fingerprint density at radius 3 is 2.68 bits per heavy atom. The molecule has 4 N–H and O–H groups in total. The molecule has 0 spiro atoms. The van der Waals surface area contributed by atoms with Crippen LogP contribution in [0.4, 0.5) is 0 Å². The van der Waals surface area contributed by atoms with Gasteiger partial charge in [-0.25, -0.2) is 0 Å². The lowest BCUT2D eigenvalue weighted by Crippen LogP contribution is -2.51. The second-order valence-corrected chi connectivity index (χ2v) is 8.12. The van der Waals surface area contributed by atoms with Crippen molar-refractivity contribution in [3.05, 3.63) is 42.2 Å². The van der Waals surface area contributed by atoms with Gasteiger partial charge in [0.25, 0.3) is 11.8 Å². The lowest BCUT2D eigenvalue weighted by Gasteiger charge is -2.22. The van der Waals surface area contributed by atoms with Crippen LogP contribution in [0.15, 0.2) is 41.7 Å². The first-order valence-electron chi connectivity index (χ1n) is 10.3. The molecule has 3 atom stereocenters. The zero-order valence-electron chi connectivity index (χ0n) is 17.8. The predicted octanol–water partition coefficient (Wildman–Crippen LogP) is 0.898. The van der Waals surface area contributed by atoms with E-state index in [1.807, 2.05) is 44.2 Å². The molecule has 0 saturated carbocycles. The third-order valence-corrected chi connectivity index (χ3v) is 5.25. The van der Waals surface area contributed by atoms with Gasteiger partial charge in [-0.3, -0.25) is 14.6 Å². The summed E-state index contributed by atoms with van der Waals surface area (Å²) >= 11 is 0. The molecule has 164 valence electrons. The summed E-state index contributed by atoms with van der Waals surface area (Å²) in [6.45, 7) is 5.72. The van der Waals surface area contributed by atoms with E-state index >= 15 is 0 Å². The van der Waals surface area contributed by atoms with Gasteiger partial charge in [-0.15, -0.1) is 0 Å². The third-order valence-electron chi connectivity index (χ3n) is 5.25. The summed E-state index contributed by atoms with van der Waals surface area (Å²) in [6.07, 6.45) is 1.09. The number of benzene rings is 1. The fraction of sp³-hybridized carbons (Fsp3) is 0.429. The number of hydrogen-bond donors (Lipinski definition) is 4. The standard InChI is InChI=1S/C21H27BN4O5/c1-12(2)10-17(22(29)30)25-21(28)19-13(3)16(26-31-19)11-24-20(27)18-15-7-5-4-6-14(15)8-9-23-18/h4-9,12-13,17,19,29-30H,10-11H2,1-3H3,(H,24,27)(H,25,28). The Hall–Kier alpha value is -2.98. The maximum Gasteiger partial charge on any atom is 0.475 e. The molecule has 9 nitrogen and oxygen atoms in total. The van der Waals surface area contributed by atoms with E-state index in [9.17, 15) is 19.6 Å². The lowest BCUT2D eigenvalue weighted by atomic mass is 9.75. The minimum Gasteiger partial charge on any atom is -0.426 e. The Morgan fingerprint density at radius 1 is 1.23 bits per heavy atom. The Labute approximate surface area is 181 Å². The second-order valence-electron chi connectivity index (χ2n) is 8.12.